The van der Waals surface area contributed by atoms with Crippen LogP contribution in [0.25, 0.3) is 10.9 Å². The molecule has 2 rings (SSSR count). The number of H-pyrrole nitrogens is 1. The van der Waals surface area contributed by atoms with E-state index in [0.717, 1.165) is 16.5 Å². The number of thiol groups is 1. The number of rotatable bonds is 6. The average Bonchev–Trinajstić information content (AvgIpc) is 3.06. The van der Waals surface area contributed by atoms with Gasteiger partial charge in [-0.05, 0) is 32.4 Å². The molecule has 0 aliphatic carbocycles. The highest BCUT2D eigenvalue weighted by Crippen LogP contribution is 2.20. The molecule has 0 saturated heterocycles. The normalized spacial score (nSPS) is 13.6. The van der Waals surface area contributed by atoms with Crippen molar-refractivity contribution in [3.8, 4) is 0 Å². The first kappa shape index (κ1) is 22.7. The van der Waals surface area contributed by atoms with E-state index in [-0.39, 0.29) is 12.2 Å². The molecule has 6 N–H and O–H groups in total. The van der Waals surface area contributed by atoms with Crippen molar-refractivity contribution in [3.05, 3.63) is 36.0 Å². The molecule has 0 saturated carbocycles. The molecule has 2 atom stereocenters. The van der Waals surface area contributed by atoms with E-state index in [1.807, 2.05) is 24.3 Å². The lowest BCUT2D eigenvalue weighted by Crippen LogP contribution is -2.58. The fourth-order valence-electron chi connectivity index (χ4n) is 2.70. The van der Waals surface area contributed by atoms with Crippen molar-refractivity contribution >= 4 is 41.4 Å². The topological polar surface area (TPSA) is 144 Å². The number of benzene rings is 1. The standard InChI is InChI=1S/C19H27N5O4S/c1-19(2,3)28-18(27)23-15(17(26)24(21)16(25)13(20)10-29)8-11-9-22-14-7-5-4-6-12(11)14/h4-7,9,13,15,22,29H,8,10,20-21H2,1-3H3,(H,23,27)/t13-,15-/m0/s1. The third-order valence-electron chi connectivity index (χ3n) is 4.08. The van der Waals surface area contributed by atoms with Crippen LogP contribution in [0.3, 0.4) is 0 Å². The second-order valence-corrected chi connectivity index (χ2v) is 7.96. The SMILES string of the molecule is CC(C)(C)OC(=O)N[C@@H](Cc1c[nH]c2ccccc12)C(=O)N(N)C(=O)[C@@H](N)CS. The van der Waals surface area contributed by atoms with Crippen molar-refractivity contribution in [3.63, 3.8) is 0 Å². The van der Waals surface area contributed by atoms with Gasteiger partial charge in [0.1, 0.15) is 11.6 Å². The molecule has 9 nitrogen and oxygen atoms in total. The minimum absolute atomic E-state index is 0.0203. The zero-order chi connectivity index (χ0) is 21.8. The van der Waals surface area contributed by atoms with Crippen LogP contribution in [-0.4, -0.2) is 51.3 Å². The molecule has 0 fully saturated rings. The molecule has 1 aromatic carbocycles. The zero-order valence-electron chi connectivity index (χ0n) is 16.6. The third-order valence-corrected chi connectivity index (χ3v) is 4.47. The number of carbonyl (C=O) groups excluding carboxylic acids is 3. The lowest BCUT2D eigenvalue weighted by Gasteiger charge is -2.26. The molecule has 1 aromatic heterocycles. The average molecular weight is 422 g/mol. The molecule has 0 aliphatic rings. The van der Waals surface area contributed by atoms with Crippen molar-refractivity contribution in [2.45, 2.75) is 44.9 Å². The molecular weight excluding hydrogens is 394 g/mol. The Morgan fingerprint density at radius 3 is 2.52 bits per heavy atom. The number of nitrogens with two attached hydrogens (primary N) is 2. The van der Waals surface area contributed by atoms with Crippen LogP contribution in [0.5, 0.6) is 0 Å². The Morgan fingerprint density at radius 1 is 1.24 bits per heavy atom. The number of para-hydroxylation sites is 1. The molecule has 0 aliphatic heterocycles. The second-order valence-electron chi connectivity index (χ2n) is 7.60. The minimum atomic E-state index is -1.13. The summed E-state index contributed by atoms with van der Waals surface area (Å²) in [5.41, 5.74) is 6.53. The Morgan fingerprint density at radius 2 is 1.90 bits per heavy atom. The van der Waals surface area contributed by atoms with Gasteiger partial charge in [-0.15, -0.1) is 0 Å². The molecule has 29 heavy (non-hydrogen) atoms. The summed E-state index contributed by atoms with van der Waals surface area (Å²) in [6, 6.07) is 5.35. The van der Waals surface area contributed by atoms with E-state index < -0.39 is 35.6 Å². The number of amides is 3. The number of fused-ring (bicyclic) bond motifs is 1. The Bertz CT molecular complexity index is 892. The van der Waals surface area contributed by atoms with Crippen LogP contribution in [0, 0.1) is 0 Å². The van der Waals surface area contributed by atoms with E-state index in [1.54, 1.807) is 27.0 Å². The highest BCUT2D eigenvalue weighted by molar-refractivity contribution is 7.80. The van der Waals surface area contributed by atoms with Crippen LogP contribution in [0.4, 0.5) is 4.79 Å². The summed E-state index contributed by atoms with van der Waals surface area (Å²) in [5, 5.41) is 3.83. The summed E-state index contributed by atoms with van der Waals surface area (Å²) in [4.78, 5) is 40.5. The number of nitrogens with zero attached hydrogens (tertiary/aromatic N) is 1. The van der Waals surface area contributed by atoms with Gasteiger partial charge in [0.15, 0.2) is 0 Å². The number of imide groups is 1. The van der Waals surface area contributed by atoms with E-state index in [0.29, 0.717) is 5.01 Å². The molecule has 158 valence electrons. The predicted molar refractivity (Wildman–Crippen MR) is 113 cm³/mol. The molecule has 10 heteroatoms. The summed E-state index contributed by atoms with van der Waals surface area (Å²) < 4.78 is 5.24. The first-order valence-electron chi connectivity index (χ1n) is 9.07. The lowest BCUT2D eigenvalue weighted by molar-refractivity contribution is -0.147. The van der Waals surface area contributed by atoms with Crippen molar-refractivity contribution in [2.24, 2.45) is 11.6 Å². The Balaban J connectivity index is 2.28. The number of aromatic nitrogens is 1. The highest BCUT2D eigenvalue weighted by Gasteiger charge is 2.32. The maximum Gasteiger partial charge on any atom is 0.408 e. The van der Waals surface area contributed by atoms with E-state index >= 15 is 0 Å². The van der Waals surface area contributed by atoms with Gasteiger partial charge >= 0.3 is 6.09 Å². The summed E-state index contributed by atoms with van der Waals surface area (Å²) in [6.45, 7) is 5.11. The van der Waals surface area contributed by atoms with Crippen LogP contribution in [-0.2, 0) is 20.7 Å². The third kappa shape index (κ3) is 5.96. The van der Waals surface area contributed by atoms with Crippen LogP contribution in [0.2, 0.25) is 0 Å². The van der Waals surface area contributed by atoms with Gasteiger partial charge in [0, 0.05) is 29.3 Å². The van der Waals surface area contributed by atoms with E-state index in [1.165, 1.54) is 0 Å². The molecule has 0 unspecified atom stereocenters. The fourth-order valence-corrected chi connectivity index (χ4v) is 2.86. The molecule has 0 radical (unpaired) electrons. The maximum absolute atomic E-state index is 12.9. The Kier molecular flexibility index (Phi) is 7.28. The summed E-state index contributed by atoms with van der Waals surface area (Å²) >= 11 is 3.95. The van der Waals surface area contributed by atoms with Gasteiger partial charge in [-0.3, -0.25) is 9.59 Å². The zero-order valence-corrected chi connectivity index (χ0v) is 17.5. The van der Waals surface area contributed by atoms with Gasteiger partial charge in [-0.1, -0.05) is 18.2 Å². The molecule has 1 heterocycles. The predicted octanol–water partition coefficient (Wildman–Crippen LogP) is 1.09. The molecule has 2 aromatic rings. The number of hydrazine groups is 1. The number of hydrogen-bond acceptors (Lipinski definition) is 7. The van der Waals surface area contributed by atoms with Crippen LogP contribution in [0.15, 0.2) is 30.5 Å². The van der Waals surface area contributed by atoms with Crippen LogP contribution >= 0.6 is 12.6 Å². The second kappa shape index (κ2) is 9.29. The van der Waals surface area contributed by atoms with Gasteiger partial charge in [-0.2, -0.15) is 12.6 Å². The van der Waals surface area contributed by atoms with Gasteiger partial charge < -0.3 is 20.8 Å². The van der Waals surface area contributed by atoms with Gasteiger partial charge in [0.25, 0.3) is 11.8 Å². The van der Waals surface area contributed by atoms with Crippen LogP contribution in [0.1, 0.15) is 26.3 Å². The fraction of sp³-hybridized carbons (Fsp3) is 0.421. The molecular formula is C19H27N5O4S. The smallest absolute Gasteiger partial charge is 0.408 e. The van der Waals surface area contributed by atoms with Gasteiger partial charge in [-0.25, -0.2) is 15.6 Å². The number of nitrogens with one attached hydrogen (secondary N) is 2. The summed E-state index contributed by atoms with van der Waals surface area (Å²) in [7, 11) is 0. The first-order chi connectivity index (χ1) is 13.5. The lowest BCUT2D eigenvalue weighted by atomic mass is 10.0. The van der Waals surface area contributed by atoms with Gasteiger partial charge in [0.2, 0.25) is 0 Å². The van der Waals surface area contributed by atoms with Crippen molar-refractivity contribution in [1.82, 2.24) is 15.3 Å². The van der Waals surface area contributed by atoms with Gasteiger partial charge in [0.05, 0.1) is 6.04 Å². The molecule has 0 spiro atoms. The van der Waals surface area contributed by atoms with E-state index in [4.69, 9.17) is 16.3 Å². The quantitative estimate of drug-likeness (QED) is 0.204. The molecule has 0 bridgehead atoms. The van der Waals surface area contributed by atoms with Crippen molar-refractivity contribution < 1.29 is 19.1 Å². The highest BCUT2D eigenvalue weighted by atomic mass is 32.1. The number of hydrogen-bond donors (Lipinski definition) is 5. The number of ether oxygens (including phenoxy) is 1. The largest absolute Gasteiger partial charge is 0.444 e. The van der Waals surface area contributed by atoms with Crippen LogP contribution < -0.4 is 16.9 Å². The van der Waals surface area contributed by atoms with E-state index in [2.05, 4.69) is 22.9 Å². The first-order valence-corrected chi connectivity index (χ1v) is 9.70. The Labute approximate surface area is 174 Å². The van der Waals surface area contributed by atoms with E-state index in [9.17, 15) is 14.4 Å². The Hall–Kier alpha value is -2.56. The minimum Gasteiger partial charge on any atom is -0.444 e. The van der Waals surface area contributed by atoms with Crippen molar-refractivity contribution in [1.29, 1.82) is 0 Å². The maximum atomic E-state index is 12.9. The summed E-state index contributed by atoms with van der Waals surface area (Å²) in [5.74, 6) is 4.13. The monoisotopic (exact) mass is 421 g/mol. The number of aromatic amines is 1. The number of alkyl carbamates (subject to hydrolysis) is 1. The molecule has 3 amide bonds. The number of carbonyl (C=O) groups is 3. The van der Waals surface area contributed by atoms with Crippen molar-refractivity contribution in [2.75, 3.05) is 5.75 Å². The summed E-state index contributed by atoms with van der Waals surface area (Å²) in [6.07, 6.45) is 1.04.